The Balaban J connectivity index is 2.27. The molecule has 90 valence electrons. The van der Waals surface area contributed by atoms with Crippen molar-refractivity contribution < 1.29 is 9.63 Å². The molecule has 0 saturated heterocycles. The maximum Gasteiger partial charge on any atom is 0.255 e. The molecule has 0 unspecified atom stereocenters. The molecular weight excluding hydrogens is 220 g/mol. The highest BCUT2D eigenvalue weighted by molar-refractivity contribution is 5.57. The van der Waals surface area contributed by atoms with Crippen LogP contribution in [0.25, 0.3) is 11.4 Å². The van der Waals surface area contributed by atoms with Gasteiger partial charge in [-0.1, -0.05) is 5.16 Å². The topological polar surface area (TPSA) is 98.1 Å². The maximum absolute atomic E-state index is 9.66. The van der Waals surface area contributed by atoms with E-state index in [1.807, 2.05) is 6.92 Å². The number of nitrogens with two attached hydrogens (primary N) is 1. The van der Waals surface area contributed by atoms with Crippen LogP contribution in [0.1, 0.15) is 24.0 Å². The number of rotatable bonds is 4. The summed E-state index contributed by atoms with van der Waals surface area (Å²) in [6.07, 6.45) is 2.98. The van der Waals surface area contributed by atoms with Gasteiger partial charge in [0, 0.05) is 18.0 Å². The summed E-state index contributed by atoms with van der Waals surface area (Å²) in [7, 11) is 0. The minimum Gasteiger partial charge on any atom is -0.383 e. The van der Waals surface area contributed by atoms with Gasteiger partial charge in [0.1, 0.15) is 6.10 Å². The molecule has 0 radical (unpaired) electrons. The standard InChI is InChI=1S/C11H14N4O2/c1-7-6-13-5-3-8(7)10-14-11(17-15-10)9(16)2-4-12/h3,5-6,9,16H,2,4,12H2,1H3/t9-/m0/s1. The third kappa shape index (κ3) is 2.48. The predicted octanol–water partition coefficient (Wildman–Crippen LogP) is 0.822. The van der Waals surface area contributed by atoms with Crippen LogP contribution in [0.5, 0.6) is 0 Å². The second kappa shape index (κ2) is 5.03. The highest BCUT2D eigenvalue weighted by Gasteiger charge is 2.16. The summed E-state index contributed by atoms with van der Waals surface area (Å²) < 4.78 is 5.00. The molecule has 0 bridgehead atoms. The fourth-order valence-corrected chi connectivity index (χ4v) is 1.49. The highest BCUT2D eigenvalue weighted by atomic mass is 16.5. The number of aromatic nitrogens is 3. The van der Waals surface area contributed by atoms with Gasteiger partial charge in [0.25, 0.3) is 5.89 Å². The first-order valence-corrected chi connectivity index (χ1v) is 5.35. The molecule has 17 heavy (non-hydrogen) atoms. The Morgan fingerprint density at radius 3 is 3.06 bits per heavy atom. The number of pyridine rings is 1. The molecule has 2 rings (SSSR count). The van der Waals surface area contributed by atoms with E-state index in [1.54, 1.807) is 18.5 Å². The fraction of sp³-hybridized carbons (Fsp3) is 0.364. The average molecular weight is 234 g/mol. The van der Waals surface area contributed by atoms with E-state index in [1.165, 1.54) is 0 Å². The van der Waals surface area contributed by atoms with E-state index in [0.29, 0.717) is 18.8 Å². The Bertz CT molecular complexity index is 498. The third-order valence-corrected chi connectivity index (χ3v) is 2.43. The zero-order valence-electron chi connectivity index (χ0n) is 9.50. The predicted molar refractivity (Wildman–Crippen MR) is 60.9 cm³/mol. The van der Waals surface area contributed by atoms with Crippen molar-refractivity contribution in [1.29, 1.82) is 0 Å². The normalized spacial score (nSPS) is 12.6. The summed E-state index contributed by atoms with van der Waals surface area (Å²) in [6.45, 7) is 2.28. The van der Waals surface area contributed by atoms with Crippen molar-refractivity contribution >= 4 is 0 Å². The van der Waals surface area contributed by atoms with E-state index < -0.39 is 6.10 Å². The quantitative estimate of drug-likeness (QED) is 0.812. The van der Waals surface area contributed by atoms with Crippen molar-refractivity contribution in [3.8, 4) is 11.4 Å². The monoisotopic (exact) mass is 234 g/mol. The summed E-state index contributed by atoms with van der Waals surface area (Å²) in [5.74, 6) is 0.651. The zero-order valence-corrected chi connectivity index (χ0v) is 9.50. The van der Waals surface area contributed by atoms with Crippen molar-refractivity contribution in [2.45, 2.75) is 19.4 Å². The molecule has 0 fully saturated rings. The van der Waals surface area contributed by atoms with Gasteiger partial charge in [-0.25, -0.2) is 0 Å². The van der Waals surface area contributed by atoms with E-state index in [2.05, 4.69) is 15.1 Å². The van der Waals surface area contributed by atoms with Crippen LogP contribution in [-0.2, 0) is 0 Å². The third-order valence-electron chi connectivity index (χ3n) is 2.43. The molecule has 2 aromatic rings. The summed E-state index contributed by atoms with van der Waals surface area (Å²) in [6, 6.07) is 1.80. The molecule has 0 amide bonds. The Morgan fingerprint density at radius 2 is 2.35 bits per heavy atom. The van der Waals surface area contributed by atoms with Crippen LogP contribution < -0.4 is 5.73 Å². The van der Waals surface area contributed by atoms with Crippen LogP contribution in [0.2, 0.25) is 0 Å². The molecule has 0 aromatic carbocycles. The number of aliphatic hydroxyl groups is 1. The lowest BCUT2D eigenvalue weighted by atomic mass is 10.1. The van der Waals surface area contributed by atoms with Gasteiger partial charge in [-0.05, 0) is 31.5 Å². The Kier molecular flexibility index (Phi) is 3.46. The Labute approximate surface area is 98.5 Å². The number of hydrogen-bond acceptors (Lipinski definition) is 6. The lowest BCUT2D eigenvalue weighted by Gasteiger charge is -2.01. The van der Waals surface area contributed by atoms with Crippen molar-refractivity contribution in [2.24, 2.45) is 5.73 Å². The van der Waals surface area contributed by atoms with Crippen LogP contribution in [-0.4, -0.2) is 26.8 Å². The molecule has 0 aliphatic carbocycles. The molecular formula is C11H14N4O2. The van der Waals surface area contributed by atoms with Crippen LogP contribution >= 0.6 is 0 Å². The van der Waals surface area contributed by atoms with Gasteiger partial charge >= 0.3 is 0 Å². The van der Waals surface area contributed by atoms with Gasteiger partial charge in [0.15, 0.2) is 0 Å². The lowest BCUT2D eigenvalue weighted by molar-refractivity contribution is 0.127. The zero-order chi connectivity index (χ0) is 12.3. The molecule has 6 heteroatoms. The summed E-state index contributed by atoms with van der Waals surface area (Å²) in [5, 5.41) is 13.5. The summed E-state index contributed by atoms with van der Waals surface area (Å²) in [4.78, 5) is 8.14. The largest absolute Gasteiger partial charge is 0.383 e. The number of hydrogen-bond donors (Lipinski definition) is 2. The molecule has 0 spiro atoms. The van der Waals surface area contributed by atoms with Gasteiger partial charge in [-0.3, -0.25) is 4.98 Å². The van der Waals surface area contributed by atoms with Crippen LogP contribution in [0.15, 0.2) is 23.0 Å². The van der Waals surface area contributed by atoms with Gasteiger partial charge in [-0.15, -0.1) is 0 Å². The Hall–Kier alpha value is -1.79. The van der Waals surface area contributed by atoms with E-state index in [9.17, 15) is 5.11 Å². The van der Waals surface area contributed by atoms with E-state index in [0.717, 1.165) is 11.1 Å². The molecule has 1 atom stereocenters. The van der Waals surface area contributed by atoms with Gasteiger partial charge in [0.05, 0.1) is 0 Å². The molecule has 2 heterocycles. The summed E-state index contributed by atoms with van der Waals surface area (Å²) in [5.41, 5.74) is 7.15. The van der Waals surface area contributed by atoms with Crippen molar-refractivity contribution in [3.63, 3.8) is 0 Å². The van der Waals surface area contributed by atoms with Gasteiger partial charge in [0.2, 0.25) is 5.82 Å². The van der Waals surface area contributed by atoms with Gasteiger partial charge < -0.3 is 15.4 Å². The molecule has 6 nitrogen and oxygen atoms in total. The smallest absolute Gasteiger partial charge is 0.255 e. The molecule has 0 aliphatic rings. The molecule has 0 aliphatic heterocycles. The molecule has 2 aromatic heterocycles. The van der Waals surface area contributed by atoms with Crippen molar-refractivity contribution in [2.75, 3.05) is 6.54 Å². The highest BCUT2D eigenvalue weighted by Crippen LogP contribution is 2.21. The van der Waals surface area contributed by atoms with Gasteiger partial charge in [-0.2, -0.15) is 4.98 Å². The van der Waals surface area contributed by atoms with Crippen LogP contribution in [0.3, 0.4) is 0 Å². The maximum atomic E-state index is 9.66. The van der Waals surface area contributed by atoms with Crippen molar-refractivity contribution in [1.82, 2.24) is 15.1 Å². The van der Waals surface area contributed by atoms with Crippen LogP contribution in [0.4, 0.5) is 0 Å². The second-order valence-corrected chi connectivity index (χ2v) is 3.74. The van der Waals surface area contributed by atoms with E-state index in [-0.39, 0.29) is 5.89 Å². The molecule has 0 saturated carbocycles. The second-order valence-electron chi connectivity index (χ2n) is 3.74. The first-order chi connectivity index (χ1) is 8.22. The number of aryl methyl sites for hydroxylation is 1. The summed E-state index contributed by atoms with van der Waals surface area (Å²) >= 11 is 0. The number of nitrogens with zero attached hydrogens (tertiary/aromatic N) is 3. The SMILES string of the molecule is Cc1cnccc1-c1noc([C@@H](O)CCN)n1. The van der Waals surface area contributed by atoms with E-state index in [4.69, 9.17) is 10.3 Å². The Morgan fingerprint density at radius 1 is 1.53 bits per heavy atom. The molecule has 3 N–H and O–H groups in total. The average Bonchev–Trinajstić information content (AvgIpc) is 2.79. The number of aliphatic hydroxyl groups excluding tert-OH is 1. The minimum absolute atomic E-state index is 0.196. The lowest BCUT2D eigenvalue weighted by Crippen LogP contribution is -2.06. The minimum atomic E-state index is -0.802. The first kappa shape index (κ1) is 11.7. The first-order valence-electron chi connectivity index (χ1n) is 5.35. The van der Waals surface area contributed by atoms with E-state index >= 15 is 0 Å². The van der Waals surface area contributed by atoms with Crippen molar-refractivity contribution in [3.05, 3.63) is 29.9 Å². The fourth-order valence-electron chi connectivity index (χ4n) is 1.49. The van der Waals surface area contributed by atoms with Crippen LogP contribution in [0, 0.1) is 6.92 Å².